The first-order valence-corrected chi connectivity index (χ1v) is 32.6. The normalized spacial score (nSPS) is 12.3. The van der Waals surface area contributed by atoms with Crippen LogP contribution in [0, 0.1) is 27.7 Å². The van der Waals surface area contributed by atoms with E-state index in [4.69, 9.17) is 44.6 Å². The highest BCUT2D eigenvalue weighted by molar-refractivity contribution is 8.76. The van der Waals surface area contributed by atoms with Gasteiger partial charge in [-0.15, -0.1) is 0 Å². The smallest absolute Gasteiger partial charge is 0.253 e. The minimum Gasteiger partial charge on any atom is -0.398 e. The standard InChI is InChI=1S/C70H60Cl2N12O6S2/c1-35-27-39(15-19-47(35)77-53-29-37(3)59(73)57-55(53)61(85)43-11-7-9-13-45(43)63(57)87)33-83(5)69(89)41-17-21-49-51(31-41)79-65(71)67(81-49)75-23-25-91-92-26-24-76-68-66(72)80-52-32-42(18-22-50(52)82-68)70(90)84(6)34-40-16-20-48(36(2)28-40)78-54-30-38(4)60(74)58-56(54)62(86)44-12-8-10-14-46(44)64(58)88/h7-22,27-32,77-78H,23-26,33-34,73-74H2,1-6H3,(H,75,81)(H,76,82). The fourth-order valence-electron chi connectivity index (χ4n) is 11.6. The van der Waals surface area contributed by atoms with Crippen LogP contribution in [0.3, 0.4) is 0 Å². The first kappa shape index (κ1) is 62.3. The molecule has 92 heavy (non-hydrogen) atoms. The summed E-state index contributed by atoms with van der Waals surface area (Å²) >= 11 is 13.3. The van der Waals surface area contributed by atoms with E-state index < -0.39 is 0 Å². The van der Waals surface area contributed by atoms with Crippen LogP contribution in [0.5, 0.6) is 0 Å². The summed E-state index contributed by atoms with van der Waals surface area (Å²) in [6.07, 6.45) is 0. The number of hydrogen-bond acceptors (Lipinski definition) is 18. The fourth-order valence-corrected chi connectivity index (χ4v) is 13.8. The van der Waals surface area contributed by atoms with Gasteiger partial charge >= 0.3 is 0 Å². The first-order valence-electron chi connectivity index (χ1n) is 29.4. The van der Waals surface area contributed by atoms with Gasteiger partial charge in [-0.2, -0.15) is 0 Å². The van der Waals surface area contributed by atoms with Crippen LogP contribution in [0.2, 0.25) is 10.3 Å². The van der Waals surface area contributed by atoms with Gasteiger partial charge in [-0.25, -0.2) is 19.9 Å². The third-order valence-corrected chi connectivity index (χ3v) is 19.3. The van der Waals surface area contributed by atoms with Crippen LogP contribution in [0.1, 0.15) is 118 Å². The van der Waals surface area contributed by atoms with Crippen molar-refractivity contribution in [2.24, 2.45) is 0 Å². The molecule has 0 saturated carbocycles. The number of nitrogens with zero attached hydrogens (tertiary/aromatic N) is 6. The van der Waals surface area contributed by atoms with Gasteiger partial charge in [0.25, 0.3) is 11.8 Å². The zero-order valence-electron chi connectivity index (χ0n) is 50.8. The van der Waals surface area contributed by atoms with Crippen molar-refractivity contribution in [2.75, 3.05) is 71.4 Å². The van der Waals surface area contributed by atoms with E-state index >= 15 is 0 Å². The molecular formula is C70H60Cl2N12O6S2. The molecule has 22 heteroatoms. The lowest BCUT2D eigenvalue weighted by molar-refractivity contribution is 0.0778. The lowest BCUT2D eigenvalue weighted by atomic mass is 9.81. The topological polar surface area (TPSA) is 261 Å². The second-order valence-electron chi connectivity index (χ2n) is 22.7. The van der Waals surface area contributed by atoms with Crippen molar-refractivity contribution >= 4 is 148 Å². The molecule has 0 bridgehead atoms. The van der Waals surface area contributed by atoms with Gasteiger partial charge in [0.2, 0.25) is 0 Å². The fraction of sp³-hybridized carbons (Fsp3) is 0.171. The predicted molar refractivity (Wildman–Crippen MR) is 369 cm³/mol. The number of aromatic nitrogens is 4. The maximum atomic E-state index is 13.8. The number of anilines is 8. The highest BCUT2D eigenvalue weighted by Crippen LogP contribution is 2.41. The summed E-state index contributed by atoms with van der Waals surface area (Å²) in [5.41, 5.74) is 26.0. The summed E-state index contributed by atoms with van der Waals surface area (Å²) in [6, 6.07) is 39.0. The lowest BCUT2D eigenvalue weighted by Gasteiger charge is -2.24. The van der Waals surface area contributed by atoms with Gasteiger partial charge in [-0.05, 0) is 122 Å². The van der Waals surface area contributed by atoms with Crippen molar-refractivity contribution in [2.45, 2.75) is 40.8 Å². The number of nitrogens with two attached hydrogens (primary N) is 2. The molecule has 0 spiro atoms. The zero-order chi connectivity index (χ0) is 64.8. The molecule has 2 aliphatic rings. The summed E-state index contributed by atoms with van der Waals surface area (Å²) in [6.45, 7) is 9.24. The lowest BCUT2D eigenvalue weighted by Crippen LogP contribution is -2.26. The number of benzene rings is 8. The van der Waals surface area contributed by atoms with Crippen LogP contribution in [0.25, 0.3) is 22.1 Å². The number of carbonyl (C=O) groups is 6. The Kier molecular flexibility index (Phi) is 17.5. The third-order valence-electron chi connectivity index (χ3n) is 16.3. The largest absolute Gasteiger partial charge is 0.398 e. The van der Waals surface area contributed by atoms with Gasteiger partial charge in [0.15, 0.2) is 45.1 Å². The Morgan fingerprint density at radius 2 is 0.815 bits per heavy atom. The summed E-state index contributed by atoms with van der Waals surface area (Å²) < 4.78 is 0. The van der Waals surface area contributed by atoms with Crippen molar-refractivity contribution in [1.82, 2.24) is 29.7 Å². The second-order valence-corrected chi connectivity index (χ2v) is 26.1. The van der Waals surface area contributed by atoms with Crippen molar-refractivity contribution in [3.05, 3.63) is 233 Å². The molecule has 12 rings (SSSR count). The molecule has 0 aliphatic heterocycles. The van der Waals surface area contributed by atoms with Crippen LogP contribution < -0.4 is 32.7 Å². The van der Waals surface area contributed by atoms with E-state index in [0.29, 0.717) is 116 Å². The molecule has 0 fully saturated rings. The monoisotopic (exact) mass is 1300 g/mol. The van der Waals surface area contributed by atoms with Crippen LogP contribution in [0.4, 0.5) is 45.8 Å². The van der Waals surface area contributed by atoms with Gasteiger partial charge in [0, 0.05) is 108 Å². The molecule has 8 N–H and O–H groups in total. The number of nitrogen functional groups attached to an aromatic ring is 2. The average Bonchev–Trinajstić information content (AvgIpc) is 0.750. The van der Waals surface area contributed by atoms with Gasteiger partial charge in [0.1, 0.15) is 0 Å². The highest BCUT2D eigenvalue weighted by Gasteiger charge is 2.36. The summed E-state index contributed by atoms with van der Waals surface area (Å²) in [5, 5.41) is 13.7. The molecule has 10 aromatic rings. The van der Waals surface area contributed by atoms with E-state index in [-0.39, 0.29) is 78.9 Å². The van der Waals surface area contributed by atoms with Crippen molar-refractivity contribution in [3.63, 3.8) is 0 Å². The predicted octanol–water partition coefficient (Wildman–Crippen LogP) is 13.8. The zero-order valence-corrected chi connectivity index (χ0v) is 53.9. The Morgan fingerprint density at radius 1 is 0.446 bits per heavy atom. The summed E-state index contributed by atoms with van der Waals surface area (Å²) in [5.74, 6) is 0.806. The number of amides is 2. The average molecular weight is 1300 g/mol. The van der Waals surface area contributed by atoms with Crippen LogP contribution >= 0.6 is 44.8 Å². The SMILES string of the molecule is Cc1cc(CN(C)C(=O)c2ccc3nc(NCCSSCCNc4nc5ccc(C(=O)N(C)Cc6ccc(Nc7cc(C)c(N)c8c7C(=O)c7ccccc7C8=O)c(C)c6)cc5nc4Cl)c(Cl)nc3c2)ccc1Nc1cc(C)c(N)c2c1C(=O)c1ccccc1C2=O. The molecule has 2 aliphatic carbocycles. The van der Waals surface area contributed by atoms with Crippen LogP contribution in [-0.4, -0.2) is 103 Å². The number of rotatable bonds is 19. The number of aryl methyl sites for hydroxylation is 4. The molecule has 462 valence electrons. The van der Waals surface area contributed by atoms with E-state index in [2.05, 4.69) is 31.2 Å². The number of ketones is 4. The quantitative estimate of drug-likeness (QED) is 0.0250. The number of nitrogens with one attached hydrogen (secondary N) is 4. The molecule has 0 saturated heterocycles. The molecule has 0 radical (unpaired) electrons. The maximum Gasteiger partial charge on any atom is 0.253 e. The van der Waals surface area contributed by atoms with E-state index in [1.54, 1.807) is 143 Å². The number of fused-ring (bicyclic) bond motifs is 6. The van der Waals surface area contributed by atoms with Gasteiger partial charge in [-0.1, -0.05) is 118 Å². The molecule has 0 unspecified atom stereocenters. The molecule has 18 nitrogen and oxygen atoms in total. The molecule has 8 aromatic carbocycles. The van der Waals surface area contributed by atoms with E-state index in [0.717, 1.165) is 45.1 Å². The third kappa shape index (κ3) is 12.2. The van der Waals surface area contributed by atoms with Gasteiger partial charge in [0.05, 0.1) is 55.7 Å². The summed E-state index contributed by atoms with van der Waals surface area (Å²) in [4.78, 5) is 104. The van der Waals surface area contributed by atoms with Gasteiger partial charge < -0.3 is 42.5 Å². The Balaban J connectivity index is 0.587. The Morgan fingerprint density at radius 3 is 1.18 bits per heavy atom. The van der Waals surface area contributed by atoms with E-state index in [1.165, 1.54) is 0 Å². The Bertz CT molecular complexity index is 4500. The second kappa shape index (κ2) is 25.8. The summed E-state index contributed by atoms with van der Waals surface area (Å²) in [7, 11) is 6.80. The number of hydrogen-bond donors (Lipinski definition) is 6. The van der Waals surface area contributed by atoms with Crippen molar-refractivity contribution in [3.8, 4) is 0 Å². The van der Waals surface area contributed by atoms with E-state index in [1.807, 2.05) is 64.1 Å². The molecular weight excluding hydrogens is 1240 g/mol. The van der Waals surface area contributed by atoms with Crippen molar-refractivity contribution < 1.29 is 28.8 Å². The molecule has 2 heterocycles. The number of carbonyl (C=O) groups excluding carboxylic acids is 6. The minimum atomic E-state index is -0.282. The van der Waals surface area contributed by atoms with Gasteiger partial charge in [-0.3, -0.25) is 28.8 Å². The Hall–Kier alpha value is -9.86. The Labute approximate surface area is 547 Å². The van der Waals surface area contributed by atoms with Crippen LogP contribution in [-0.2, 0) is 13.1 Å². The molecule has 0 atom stereocenters. The van der Waals surface area contributed by atoms with E-state index in [9.17, 15) is 28.8 Å². The van der Waals surface area contributed by atoms with Crippen LogP contribution in [0.15, 0.2) is 133 Å². The van der Waals surface area contributed by atoms with Crippen molar-refractivity contribution in [1.29, 1.82) is 0 Å². The number of halogens is 2. The molecule has 2 amide bonds. The first-order chi connectivity index (χ1) is 44.2. The molecule has 2 aromatic heterocycles. The maximum absolute atomic E-state index is 13.8. The minimum absolute atomic E-state index is 0.183. The highest BCUT2D eigenvalue weighted by atomic mass is 35.5.